The van der Waals surface area contributed by atoms with Crippen LogP contribution in [0.2, 0.25) is 0 Å². The molecule has 0 aliphatic rings. The molecule has 2 atom stereocenters. The first kappa shape index (κ1) is 20.6. The monoisotopic (exact) mass is 345 g/mol. The van der Waals surface area contributed by atoms with Crippen LogP contribution in [-0.4, -0.2) is 32.1 Å². The van der Waals surface area contributed by atoms with E-state index in [1.807, 2.05) is 13.0 Å². The molecule has 0 aliphatic carbocycles. The fourth-order valence-corrected chi connectivity index (χ4v) is 3.06. The van der Waals surface area contributed by atoms with Gasteiger partial charge < -0.3 is 9.64 Å². The summed E-state index contributed by atoms with van der Waals surface area (Å²) in [6.07, 6.45) is 13.6. The molecule has 2 nitrogen and oxygen atoms in total. The van der Waals surface area contributed by atoms with Crippen molar-refractivity contribution in [2.45, 2.75) is 26.4 Å². The van der Waals surface area contributed by atoms with Crippen LogP contribution in [-0.2, 0) is 4.74 Å². The van der Waals surface area contributed by atoms with Crippen molar-refractivity contribution in [2.24, 2.45) is 5.92 Å². The zero-order chi connectivity index (χ0) is 17.8. The zero-order valence-electron chi connectivity index (χ0n) is 15.4. The van der Waals surface area contributed by atoms with Crippen molar-refractivity contribution in [1.82, 2.24) is 4.90 Å². The number of ether oxygens (including phenoxy) is 1. The minimum absolute atomic E-state index is 0.170. The Morgan fingerprint density at radius 2 is 2.21 bits per heavy atom. The maximum Gasteiger partial charge on any atom is 0.0933 e. The van der Waals surface area contributed by atoms with Crippen LogP contribution in [0.5, 0.6) is 0 Å². The number of thiophene rings is 1. The van der Waals surface area contributed by atoms with E-state index < -0.39 is 0 Å². The molecule has 24 heavy (non-hydrogen) atoms. The van der Waals surface area contributed by atoms with Crippen molar-refractivity contribution in [1.29, 1.82) is 0 Å². The van der Waals surface area contributed by atoms with Gasteiger partial charge in [0.2, 0.25) is 0 Å². The van der Waals surface area contributed by atoms with E-state index in [9.17, 15) is 0 Å². The molecule has 1 aromatic heterocycles. The highest BCUT2D eigenvalue weighted by Gasteiger charge is 2.12. The number of nitrogens with zero attached hydrogens (tertiary/aromatic N) is 1. The first-order chi connectivity index (χ1) is 11.6. The van der Waals surface area contributed by atoms with Gasteiger partial charge in [0.1, 0.15) is 0 Å². The molecule has 1 rings (SSSR count). The standard InChI is InChI=1S/C21H31NOS/c1-6-11-19(18(3)7-2)12-8-9-16-23-20(14-15-22(4)5)21-13-10-17-24-21/h6-13,17-18,20H,2,14-16H2,1,3-5H3/b9-8-,11-6-,19-12-. The lowest BCUT2D eigenvalue weighted by Crippen LogP contribution is -2.17. The minimum Gasteiger partial charge on any atom is -0.369 e. The van der Waals surface area contributed by atoms with E-state index in [1.165, 1.54) is 10.5 Å². The van der Waals surface area contributed by atoms with Gasteiger partial charge in [0.05, 0.1) is 12.7 Å². The lowest BCUT2D eigenvalue weighted by Gasteiger charge is -2.18. The van der Waals surface area contributed by atoms with E-state index in [-0.39, 0.29) is 6.10 Å². The fraction of sp³-hybridized carbons (Fsp3) is 0.429. The molecule has 1 heterocycles. The van der Waals surface area contributed by atoms with Crippen LogP contribution in [0, 0.1) is 5.92 Å². The summed E-state index contributed by atoms with van der Waals surface area (Å²) >= 11 is 1.77. The number of rotatable bonds is 11. The number of hydrogen-bond acceptors (Lipinski definition) is 3. The minimum atomic E-state index is 0.170. The molecule has 0 aliphatic heterocycles. The van der Waals surface area contributed by atoms with Crippen molar-refractivity contribution in [3.63, 3.8) is 0 Å². The van der Waals surface area contributed by atoms with Crippen molar-refractivity contribution >= 4 is 11.3 Å². The highest BCUT2D eigenvalue weighted by molar-refractivity contribution is 7.10. The Morgan fingerprint density at radius 3 is 2.79 bits per heavy atom. The summed E-state index contributed by atoms with van der Waals surface area (Å²) in [7, 11) is 4.19. The molecular formula is C21H31NOS. The zero-order valence-corrected chi connectivity index (χ0v) is 16.3. The third-order valence-electron chi connectivity index (χ3n) is 3.76. The van der Waals surface area contributed by atoms with Crippen LogP contribution in [0.25, 0.3) is 0 Å². The summed E-state index contributed by atoms with van der Waals surface area (Å²) in [4.78, 5) is 3.50. The van der Waals surface area contributed by atoms with E-state index in [0.717, 1.165) is 13.0 Å². The van der Waals surface area contributed by atoms with E-state index >= 15 is 0 Å². The maximum absolute atomic E-state index is 6.10. The molecule has 0 N–H and O–H groups in total. The first-order valence-electron chi connectivity index (χ1n) is 8.50. The predicted octanol–water partition coefficient (Wildman–Crippen LogP) is 5.64. The third kappa shape index (κ3) is 7.91. The van der Waals surface area contributed by atoms with Gasteiger partial charge in [0.15, 0.2) is 0 Å². The average Bonchev–Trinajstić information content (AvgIpc) is 3.09. The van der Waals surface area contributed by atoms with Gasteiger partial charge in [-0.3, -0.25) is 0 Å². The number of hydrogen-bond donors (Lipinski definition) is 0. The van der Waals surface area contributed by atoms with Crippen LogP contribution < -0.4 is 0 Å². The Hall–Kier alpha value is -1.42. The second-order valence-corrected chi connectivity index (χ2v) is 7.03. The summed E-state index contributed by atoms with van der Waals surface area (Å²) in [5, 5.41) is 2.11. The Balaban J connectivity index is 2.58. The van der Waals surface area contributed by atoms with Crippen molar-refractivity contribution in [2.75, 3.05) is 27.2 Å². The Bertz CT molecular complexity index is 540. The van der Waals surface area contributed by atoms with Gasteiger partial charge in [-0.05, 0) is 50.4 Å². The van der Waals surface area contributed by atoms with Crippen LogP contribution >= 0.6 is 11.3 Å². The van der Waals surface area contributed by atoms with Gasteiger partial charge in [0, 0.05) is 11.4 Å². The van der Waals surface area contributed by atoms with Crippen LogP contribution in [0.1, 0.15) is 31.2 Å². The number of allylic oxidation sites excluding steroid dienone is 6. The molecule has 0 aromatic carbocycles. The van der Waals surface area contributed by atoms with Gasteiger partial charge in [-0.15, -0.1) is 17.9 Å². The van der Waals surface area contributed by atoms with E-state index in [2.05, 4.69) is 80.4 Å². The summed E-state index contributed by atoms with van der Waals surface area (Å²) < 4.78 is 6.10. The summed E-state index contributed by atoms with van der Waals surface area (Å²) in [5.41, 5.74) is 1.26. The molecule has 0 radical (unpaired) electrons. The van der Waals surface area contributed by atoms with Crippen LogP contribution in [0.4, 0.5) is 0 Å². The van der Waals surface area contributed by atoms with Crippen LogP contribution in [0.15, 0.2) is 66.1 Å². The van der Waals surface area contributed by atoms with E-state index in [0.29, 0.717) is 12.5 Å². The van der Waals surface area contributed by atoms with Gasteiger partial charge in [-0.1, -0.05) is 49.4 Å². The molecule has 0 amide bonds. The molecular weight excluding hydrogens is 314 g/mol. The largest absolute Gasteiger partial charge is 0.369 e. The van der Waals surface area contributed by atoms with E-state index in [4.69, 9.17) is 4.74 Å². The van der Waals surface area contributed by atoms with Crippen molar-refractivity contribution < 1.29 is 4.74 Å². The Morgan fingerprint density at radius 1 is 1.42 bits per heavy atom. The SMILES string of the molecule is C=CC(C)C(/C=C\C)=C\C=C/COC(CCN(C)C)c1cccs1. The molecule has 0 bridgehead atoms. The normalized spacial score (nSPS) is 15.5. The molecule has 0 saturated heterocycles. The molecule has 0 fully saturated rings. The van der Waals surface area contributed by atoms with Gasteiger partial charge in [-0.25, -0.2) is 0 Å². The van der Waals surface area contributed by atoms with Crippen molar-refractivity contribution in [3.8, 4) is 0 Å². The summed E-state index contributed by atoms with van der Waals surface area (Å²) in [6, 6.07) is 4.25. The maximum atomic E-state index is 6.10. The predicted molar refractivity (Wildman–Crippen MR) is 108 cm³/mol. The van der Waals surface area contributed by atoms with Gasteiger partial charge in [-0.2, -0.15) is 0 Å². The molecule has 2 unspecified atom stereocenters. The molecule has 0 saturated carbocycles. The quantitative estimate of drug-likeness (QED) is 0.380. The topological polar surface area (TPSA) is 12.5 Å². The average molecular weight is 346 g/mol. The Labute approximate surface area is 151 Å². The fourth-order valence-electron chi connectivity index (χ4n) is 2.25. The highest BCUT2D eigenvalue weighted by Crippen LogP contribution is 2.25. The van der Waals surface area contributed by atoms with Crippen molar-refractivity contribution in [3.05, 3.63) is 71.0 Å². The van der Waals surface area contributed by atoms with Crippen LogP contribution in [0.3, 0.4) is 0 Å². The second kappa shape index (κ2) is 12.0. The first-order valence-corrected chi connectivity index (χ1v) is 9.38. The third-order valence-corrected chi connectivity index (χ3v) is 4.72. The second-order valence-electron chi connectivity index (χ2n) is 6.05. The lowest BCUT2D eigenvalue weighted by molar-refractivity contribution is 0.0644. The molecule has 0 spiro atoms. The van der Waals surface area contributed by atoms with Gasteiger partial charge in [0.25, 0.3) is 0 Å². The molecule has 3 heteroatoms. The van der Waals surface area contributed by atoms with Gasteiger partial charge >= 0.3 is 0 Å². The summed E-state index contributed by atoms with van der Waals surface area (Å²) in [6.45, 7) is 9.70. The molecule has 132 valence electrons. The smallest absolute Gasteiger partial charge is 0.0933 e. The highest BCUT2D eigenvalue weighted by atomic mass is 32.1. The lowest BCUT2D eigenvalue weighted by atomic mass is 10.0. The Kier molecular flexibility index (Phi) is 10.3. The summed E-state index contributed by atoms with van der Waals surface area (Å²) in [5.74, 6) is 0.353. The van der Waals surface area contributed by atoms with E-state index in [1.54, 1.807) is 11.3 Å². The molecule has 1 aromatic rings.